The van der Waals surface area contributed by atoms with Crippen LogP contribution in [0.5, 0.6) is 0 Å². The zero-order valence-corrected chi connectivity index (χ0v) is 13.5. The van der Waals surface area contributed by atoms with Gasteiger partial charge in [0.1, 0.15) is 0 Å². The third-order valence-corrected chi connectivity index (χ3v) is 5.06. The first-order valence-corrected chi connectivity index (χ1v) is 8.05. The largest absolute Gasteiger partial charge is 0.385 e. The van der Waals surface area contributed by atoms with E-state index >= 15 is 0 Å². The Labute approximate surface area is 123 Å². The predicted octanol–water partition coefficient (Wildman–Crippen LogP) is 3.81. The summed E-state index contributed by atoms with van der Waals surface area (Å²) in [6.45, 7) is 9.80. The van der Waals surface area contributed by atoms with Gasteiger partial charge in [0, 0.05) is 11.8 Å². The van der Waals surface area contributed by atoms with Crippen molar-refractivity contribution in [3.63, 3.8) is 0 Å². The molecule has 2 aliphatic rings. The number of aliphatic hydroxyl groups is 1. The Kier molecular flexibility index (Phi) is 4.63. The van der Waals surface area contributed by atoms with Crippen molar-refractivity contribution in [3.05, 3.63) is 11.6 Å². The van der Waals surface area contributed by atoms with Gasteiger partial charge < -0.3 is 14.6 Å². The monoisotopic (exact) mass is 282 g/mol. The predicted molar refractivity (Wildman–Crippen MR) is 80.5 cm³/mol. The Hall–Kier alpha value is -0.380. The first-order chi connectivity index (χ1) is 9.35. The summed E-state index contributed by atoms with van der Waals surface area (Å²) < 4.78 is 11.6. The molecule has 2 rings (SSSR count). The highest BCUT2D eigenvalue weighted by atomic mass is 16.7. The van der Waals surface area contributed by atoms with Crippen LogP contribution in [0.15, 0.2) is 11.6 Å². The quantitative estimate of drug-likeness (QED) is 0.615. The molecule has 1 aliphatic heterocycles. The molecule has 1 fully saturated rings. The summed E-state index contributed by atoms with van der Waals surface area (Å²) in [7, 11) is 0. The standard InChI is InChI=1S/C17H30O3/c1-5-6-7-8-9-17(18)14(2)12-16(13-15(17,3)4)19-10-11-20-16/h12,18H,5-11,13H2,1-4H3. The smallest absolute Gasteiger partial charge is 0.188 e. The summed E-state index contributed by atoms with van der Waals surface area (Å²) in [5, 5.41) is 11.2. The van der Waals surface area contributed by atoms with Crippen LogP contribution in [0, 0.1) is 5.41 Å². The molecule has 0 aromatic rings. The minimum absolute atomic E-state index is 0.234. The lowest BCUT2D eigenvalue weighted by Gasteiger charge is -2.51. The SMILES string of the molecule is CCCCCCC1(O)C(C)=CC2(CC1(C)C)OCCO2. The van der Waals surface area contributed by atoms with Crippen LogP contribution in [0.2, 0.25) is 0 Å². The van der Waals surface area contributed by atoms with Crippen LogP contribution >= 0.6 is 0 Å². The number of rotatable bonds is 5. The fourth-order valence-corrected chi connectivity index (χ4v) is 3.80. The maximum atomic E-state index is 11.2. The fraction of sp³-hybridized carbons (Fsp3) is 0.882. The highest BCUT2D eigenvalue weighted by molar-refractivity contribution is 5.27. The van der Waals surface area contributed by atoms with Crippen molar-refractivity contribution in [1.82, 2.24) is 0 Å². The average molecular weight is 282 g/mol. The molecule has 1 saturated heterocycles. The maximum absolute atomic E-state index is 11.2. The number of unbranched alkanes of at least 4 members (excludes halogenated alkanes) is 3. The second-order valence-electron chi connectivity index (χ2n) is 7.07. The molecule has 0 bridgehead atoms. The van der Waals surface area contributed by atoms with Crippen molar-refractivity contribution in [2.75, 3.05) is 13.2 Å². The number of ether oxygens (including phenoxy) is 2. The molecule has 1 aliphatic carbocycles. The van der Waals surface area contributed by atoms with Gasteiger partial charge in [-0.25, -0.2) is 0 Å². The Balaban J connectivity index is 2.15. The van der Waals surface area contributed by atoms with Crippen LogP contribution < -0.4 is 0 Å². The summed E-state index contributed by atoms with van der Waals surface area (Å²) in [6, 6.07) is 0. The van der Waals surface area contributed by atoms with Crippen molar-refractivity contribution in [2.45, 2.75) is 77.6 Å². The van der Waals surface area contributed by atoms with Crippen LogP contribution in [-0.4, -0.2) is 29.7 Å². The van der Waals surface area contributed by atoms with E-state index in [1.54, 1.807) is 0 Å². The van der Waals surface area contributed by atoms with Gasteiger partial charge in [-0.2, -0.15) is 0 Å². The number of hydrogen-bond donors (Lipinski definition) is 1. The van der Waals surface area contributed by atoms with Crippen molar-refractivity contribution in [3.8, 4) is 0 Å². The maximum Gasteiger partial charge on any atom is 0.188 e. The van der Waals surface area contributed by atoms with E-state index in [0.29, 0.717) is 13.2 Å². The molecule has 0 aromatic heterocycles. The first-order valence-electron chi connectivity index (χ1n) is 8.05. The molecule has 1 atom stereocenters. The molecule has 1 unspecified atom stereocenters. The van der Waals surface area contributed by atoms with E-state index in [2.05, 4.69) is 20.8 Å². The Morgan fingerprint density at radius 1 is 1.15 bits per heavy atom. The Bertz CT molecular complexity index is 366. The van der Waals surface area contributed by atoms with Gasteiger partial charge in [-0.05, 0) is 25.0 Å². The molecule has 0 saturated carbocycles. The van der Waals surface area contributed by atoms with Crippen molar-refractivity contribution >= 4 is 0 Å². The Morgan fingerprint density at radius 3 is 2.35 bits per heavy atom. The van der Waals surface area contributed by atoms with E-state index in [-0.39, 0.29) is 5.41 Å². The first kappa shape index (κ1) is 16.0. The summed E-state index contributed by atoms with van der Waals surface area (Å²) >= 11 is 0. The van der Waals surface area contributed by atoms with Crippen LogP contribution in [0.1, 0.15) is 66.2 Å². The zero-order valence-electron chi connectivity index (χ0n) is 13.5. The summed E-state index contributed by atoms with van der Waals surface area (Å²) in [5.74, 6) is -0.594. The highest BCUT2D eigenvalue weighted by Gasteiger charge is 2.54. The lowest BCUT2D eigenvalue weighted by Crippen LogP contribution is -2.54. The molecule has 20 heavy (non-hydrogen) atoms. The molecular weight excluding hydrogens is 252 g/mol. The zero-order chi connectivity index (χ0) is 14.9. The molecule has 3 nitrogen and oxygen atoms in total. The van der Waals surface area contributed by atoms with Crippen molar-refractivity contribution in [1.29, 1.82) is 0 Å². The van der Waals surface area contributed by atoms with E-state index in [1.807, 2.05) is 13.0 Å². The third-order valence-electron chi connectivity index (χ3n) is 5.06. The van der Waals surface area contributed by atoms with Crippen LogP contribution in [0.25, 0.3) is 0 Å². The molecule has 1 spiro atoms. The molecular formula is C17H30O3. The van der Waals surface area contributed by atoms with Gasteiger partial charge in [-0.15, -0.1) is 0 Å². The van der Waals surface area contributed by atoms with E-state index in [9.17, 15) is 5.11 Å². The molecule has 0 aromatic carbocycles. The lowest BCUT2D eigenvalue weighted by molar-refractivity contribution is -0.181. The van der Waals surface area contributed by atoms with E-state index in [4.69, 9.17) is 9.47 Å². The van der Waals surface area contributed by atoms with Crippen molar-refractivity contribution < 1.29 is 14.6 Å². The van der Waals surface area contributed by atoms with Gasteiger partial charge >= 0.3 is 0 Å². The minimum Gasteiger partial charge on any atom is -0.385 e. The normalized spacial score (nSPS) is 31.6. The van der Waals surface area contributed by atoms with Gasteiger partial charge in [0.2, 0.25) is 0 Å². The molecule has 0 radical (unpaired) electrons. The fourth-order valence-electron chi connectivity index (χ4n) is 3.80. The van der Waals surface area contributed by atoms with Gasteiger partial charge in [-0.3, -0.25) is 0 Å². The van der Waals surface area contributed by atoms with Gasteiger partial charge in [-0.1, -0.05) is 46.5 Å². The summed E-state index contributed by atoms with van der Waals surface area (Å²) in [5.41, 5.74) is 0.0381. The second kappa shape index (κ2) is 5.78. The number of hydrogen-bond acceptors (Lipinski definition) is 3. The lowest BCUT2D eigenvalue weighted by atomic mass is 9.61. The second-order valence-corrected chi connectivity index (χ2v) is 7.07. The highest BCUT2D eigenvalue weighted by Crippen LogP contribution is 2.52. The van der Waals surface area contributed by atoms with Gasteiger partial charge in [0.15, 0.2) is 5.79 Å². The van der Waals surface area contributed by atoms with E-state index in [1.165, 1.54) is 19.3 Å². The van der Waals surface area contributed by atoms with Gasteiger partial charge in [0.25, 0.3) is 0 Å². The molecule has 0 amide bonds. The molecule has 3 heteroatoms. The molecule has 116 valence electrons. The van der Waals surface area contributed by atoms with E-state index in [0.717, 1.165) is 24.8 Å². The molecule has 1 N–H and O–H groups in total. The third kappa shape index (κ3) is 2.81. The van der Waals surface area contributed by atoms with Gasteiger partial charge in [0.05, 0.1) is 18.8 Å². The molecule has 1 heterocycles. The van der Waals surface area contributed by atoms with E-state index < -0.39 is 11.4 Å². The summed E-state index contributed by atoms with van der Waals surface area (Å²) in [4.78, 5) is 0. The topological polar surface area (TPSA) is 38.7 Å². The Morgan fingerprint density at radius 2 is 1.80 bits per heavy atom. The van der Waals surface area contributed by atoms with Crippen LogP contribution in [0.3, 0.4) is 0 Å². The summed E-state index contributed by atoms with van der Waals surface area (Å²) in [6.07, 6.45) is 8.32. The minimum atomic E-state index is -0.735. The van der Waals surface area contributed by atoms with Crippen LogP contribution in [-0.2, 0) is 9.47 Å². The van der Waals surface area contributed by atoms with Crippen LogP contribution in [0.4, 0.5) is 0 Å². The average Bonchev–Trinajstić information content (AvgIpc) is 2.79. The van der Waals surface area contributed by atoms with Crippen molar-refractivity contribution in [2.24, 2.45) is 5.41 Å².